The number of esters is 1. The van der Waals surface area contributed by atoms with Crippen LogP contribution < -0.4 is 0 Å². The molecule has 1 heterocycles. The van der Waals surface area contributed by atoms with Gasteiger partial charge < -0.3 is 9.47 Å². The molecule has 1 saturated carbocycles. The lowest BCUT2D eigenvalue weighted by atomic mass is 9.98. The van der Waals surface area contributed by atoms with E-state index in [0.29, 0.717) is 18.3 Å². The minimum Gasteiger partial charge on any atom is -0.462 e. The highest BCUT2D eigenvalue weighted by Crippen LogP contribution is 2.25. The van der Waals surface area contributed by atoms with Gasteiger partial charge in [0.05, 0.1) is 18.9 Å². The van der Waals surface area contributed by atoms with E-state index in [1.807, 2.05) is 34.9 Å². The summed E-state index contributed by atoms with van der Waals surface area (Å²) >= 11 is 1.37. The van der Waals surface area contributed by atoms with Gasteiger partial charge in [0.15, 0.2) is 11.0 Å². The number of thioether (sulfide) groups is 1. The summed E-state index contributed by atoms with van der Waals surface area (Å²) in [6.45, 7) is 1.19. The topological polar surface area (TPSA) is 66.2 Å². The standard InChI is InChI=1S/C19H25N3O3S/c1-24-13-12-22-18(15-8-4-2-5-9-15)20-21-19(22)26-14-17(23)25-16-10-6-3-7-11-16/h2,4-5,8-9,16H,3,6-7,10-14H2,1H3. The molecule has 0 saturated heterocycles. The number of nitrogens with zero attached hydrogens (tertiary/aromatic N) is 3. The van der Waals surface area contributed by atoms with Crippen LogP contribution in [0.25, 0.3) is 11.4 Å². The summed E-state index contributed by atoms with van der Waals surface area (Å²) in [4.78, 5) is 12.2. The minimum atomic E-state index is -0.176. The molecule has 1 aromatic carbocycles. The Labute approximate surface area is 158 Å². The van der Waals surface area contributed by atoms with Crippen molar-refractivity contribution in [2.45, 2.75) is 49.9 Å². The van der Waals surface area contributed by atoms with E-state index >= 15 is 0 Å². The summed E-state index contributed by atoms with van der Waals surface area (Å²) in [6.07, 6.45) is 5.60. The van der Waals surface area contributed by atoms with Crippen LogP contribution >= 0.6 is 11.8 Å². The predicted octanol–water partition coefficient (Wildman–Crippen LogP) is 3.56. The van der Waals surface area contributed by atoms with E-state index < -0.39 is 0 Å². The summed E-state index contributed by atoms with van der Waals surface area (Å²) in [5.41, 5.74) is 0.993. The monoisotopic (exact) mass is 375 g/mol. The third kappa shape index (κ3) is 5.08. The van der Waals surface area contributed by atoms with E-state index in [1.54, 1.807) is 7.11 Å². The summed E-state index contributed by atoms with van der Waals surface area (Å²) in [7, 11) is 1.67. The van der Waals surface area contributed by atoms with Crippen LogP contribution in [0.4, 0.5) is 0 Å². The zero-order valence-electron chi connectivity index (χ0n) is 15.1. The maximum atomic E-state index is 12.2. The average Bonchev–Trinajstić information content (AvgIpc) is 3.09. The zero-order chi connectivity index (χ0) is 18.2. The Kier molecular flexibility index (Phi) is 7.08. The molecule has 1 aromatic heterocycles. The van der Waals surface area contributed by atoms with Crippen molar-refractivity contribution in [3.05, 3.63) is 30.3 Å². The molecular weight excluding hydrogens is 350 g/mol. The van der Waals surface area contributed by atoms with Crippen molar-refractivity contribution >= 4 is 17.7 Å². The third-order valence-electron chi connectivity index (χ3n) is 4.44. The SMILES string of the molecule is COCCn1c(SCC(=O)OC2CCCCC2)nnc1-c1ccccc1. The van der Waals surface area contributed by atoms with Gasteiger partial charge in [-0.15, -0.1) is 10.2 Å². The van der Waals surface area contributed by atoms with Gasteiger partial charge in [-0.05, 0) is 25.7 Å². The molecule has 3 rings (SSSR count). The van der Waals surface area contributed by atoms with E-state index in [1.165, 1.54) is 18.2 Å². The average molecular weight is 375 g/mol. The number of carbonyl (C=O) groups is 1. The Morgan fingerprint density at radius 2 is 1.96 bits per heavy atom. The Morgan fingerprint density at radius 3 is 2.69 bits per heavy atom. The molecule has 26 heavy (non-hydrogen) atoms. The second kappa shape index (κ2) is 9.73. The van der Waals surface area contributed by atoms with Crippen molar-refractivity contribution in [1.82, 2.24) is 14.8 Å². The van der Waals surface area contributed by atoms with E-state index in [0.717, 1.165) is 37.1 Å². The molecule has 140 valence electrons. The second-order valence-corrected chi connectivity index (χ2v) is 7.30. The summed E-state index contributed by atoms with van der Waals surface area (Å²) in [5.74, 6) is 0.853. The van der Waals surface area contributed by atoms with E-state index in [-0.39, 0.29) is 17.8 Å². The van der Waals surface area contributed by atoms with Gasteiger partial charge >= 0.3 is 5.97 Å². The first kappa shape index (κ1) is 18.9. The number of benzene rings is 1. The van der Waals surface area contributed by atoms with Gasteiger partial charge in [-0.1, -0.05) is 48.5 Å². The Balaban J connectivity index is 1.64. The van der Waals surface area contributed by atoms with Crippen molar-refractivity contribution in [3.63, 3.8) is 0 Å². The highest BCUT2D eigenvalue weighted by atomic mass is 32.2. The first-order chi connectivity index (χ1) is 12.8. The molecule has 0 aliphatic heterocycles. The van der Waals surface area contributed by atoms with Gasteiger partial charge in [-0.25, -0.2) is 0 Å². The molecule has 7 heteroatoms. The van der Waals surface area contributed by atoms with Crippen molar-refractivity contribution < 1.29 is 14.3 Å². The maximum absolute atomic E-state index is 12.2. The van der Waals surface area contributed by atoms with E-state index in [2.05, 4.69) is 10.2 Å². The van der Waals surface area contributed by atoms with E-state index in [9.17, 15) is 4.79 Å². The zero-order valence-corrected chi connectivity index (χ0v) is 15.9. The number of rotatable bonds is 8. The first-order valence-electron chi connectivity index (χ1n) is 9.08. The van der Waals surface area contributed by atoms with Crippen molar-refractivity contribution in [1.29, 1.82) is 0 Å². The molecule has 6 nitrogen and oxygen atoms in total. The van der Waals surface area contributed by atoms with Crippen LogP contribution in [-0.4, -0.2) is 46.3 Å². The van der Waals surface area contributed by atoms with Gasteiger partial charge in [-0.3, -0.25) is 9.36 Å². The number of hydrogen-bond acceptors (Lipinski definition) is 6. The number of ether oxygens (including phenoxy) is 2. The van der Waals surface area contributed by atoms with Crippen LogP contribution in [0.15, 0.2) is 35.5 Å². The Morgan fingerprint density at radius 1 is 1.19 bits per heavy atom. The van der Waals surface area contributed by atoms with Crippen molar-refractivity contribution in [2.75, 3.05) is 19.5 Å². The minimum absolute atomic E-state index is 0.0862. The van der Waals surface area contributed by atoms with Crippen LogP contribution in [0, 0.1) is 0 Å². The molecule has 2 aromatic rings. The van der Waals surface area contributed by atoms with E-state index in [4.69, 9.17) is 9.47 Å². The quantitative estimate of drug-likeness (QED) is 0.519. The number of carbonyl (C=O) groups excluding carboxylic acids is 1. The van der Waals surface area contributed by atoms with Gasteiger partial charge in [0.1, 0.15) is 6.10 Å². The summed E-state index contributed by atoms with van der Waals surface area (Å²) < 4.78 is 12.8. The highest BCUT2D eigenvalue weighted by Gasteiger charge is 2.19. The second-order valence-electron chi connectivity index (χ2n) is 6.36. The molecule has 0 bridgehead atoms. The van der Waals surface area contributed by atoms with Crippen LogP contribution in [0.3, 0.4) is 0 Å². The van der Waals surface area contributed by atoms with Crippen LogP contribution in [0.5, 0.6) is 0 Å². The van der Waals surface area contributed by atoms with Crippen molar-refractivity contribution in [2.24, 2.45) is 0 Å². The van der Waals surface area contributed by atoms with Crippen LogP contribution in [0.2, 0.25) is 0 Å². The van der Waals surface area contributed by atoms with Gasteiger partial charge in [0.2, 0.25) is 0 Å². The first-order valence-corrected chi connectivity index (χ1v) is 10.1. The molecule has 0 unspecified atom stereocenters. The summed E-state index contributed by atoms with van der Waals surface area (Å²) in [6, 6.07) is 9.91. The lowest BCUT2D eigenvalue weighted by Crippen LogP contribution is -2.22. The fraction of sp³-hybridized carbons (Fsp3) is 0.526. The molecule has 0 radical (unpaired) electrons. The molecule has 0 N–H and O–H groups in total. The van der Waals surface area contributed by atoms with Crippen molar-refractivity contribution in [3.8, 4) is 11.4 Å². The normalized spacial score (nSPS) is 15.1. The Bertz CT molecular complexity index is 699. The fourth-order valence-electron chi connectivity index (χ4n) is 3.11. The van der Waals surface area contributed by atoms with Gasteiger partial charge in [0, 0.05) is 12.7 Å². The largest absolute Gasteiger partial charge is 0.462 e. The number of hydrogen-bond donors (Lipinski definition) is 0. The highest BCUT2D eigenvalue weighted by molar-refractivity contribution is 7.99. The molecule has 1 fully saturated rings. The summed E-state index contributed by atoms with van der Waals surface area (Å²) in [5, 5.41) is 9.30. The molecule has 0 atom stereocenters. The third-order valence-corrected chi connectivity index (χ3v) is 5.38. The van der Waals surface area contributed by atoms with Crippen LogP contribution in [0.1, 0.15) is 32.1 Å². The number of aromatic nitrogens is 3. The molecular formula is C19H25N3O3S. The molecule has 1 aliphatic rings. The van der Waals surface area contributed by atoms with Gasteiger partial charge in [0.25, 0.3) is 0 Å². The lowest BCUT2D eigenvalue weighted by molar-refractivity contribution is -0.147. The molecule has 0 spiro atoms. The van der Waals surface area contributed by atoms with Crippen LogP contribution in [-0.2, 0) is 20.8 Å². The Hall–Kier alpha value is -1.86. The molecule has 0 amide bonds. The van der Waals surface area contributed by atoms with Gasteiger partial charge in [-0.2, -0.15) is 0 Å². The number of methoxy groups -OCH3 is 1. The maximum Gasteiger partial charge on any atom is 0.316 e. The molecule has 1 aliphatic carbocycles. The lowest BCUT2D eigenvalue weighted by Gasteiger charge is -2.21. The fourth-order valence-corrected chi connectivity index (χ4v) is 3.85. The predicted molar refractivity (Wildman–Crippen MR) is 101 cm³/mol. The smallest absolute Gasteiger partial charge is 0.316 e.